The molecule has 0 heterocycles. The predicted octanol–water partition coefficient (Wildman–Crippen LogP) is 4.29. The quantitative estimate of drug-likeness (QED) is 0.557. The van der Waals surface area contributed by atoms with Crippen LogP contribution in [-0.2, 0) is 0 Å². The molecule has 0 aliphatic heterocycles. The summed E-state index contributed by atoms with van der Waals surface area (Å²) in [5, 5.41) is 10.7. The maximum atomic E-state index is 12.6. The van der Waals surface area contributed by atoms with Crippen molar-refractivity contribution in [1.82, 2.24) is 4.90 Å². The van der Waals surface area contributed by atoms with Gasteiger partial charge < -0.3 is 4.90 Å². The number of hydrogen-bond donors (Lipinski definition) is 0. The molecule has 0 saturated heterocycles. The Morgan fingerprint density at radius 2 is 2.10 bits per heavy atom. The first-order chi connectivity index (χ1) is 9.92. The van der Waals surface area contributed by atoms with Crippen LogP contribution in [0.2, 0.25) is 5.02 Å². The first kappa shape index (κ1) is 17.4. The van der Waals surface area contributed by atoms with Gasteiger partial charge in [0.2, 0.25) is 0 Å². The standard InChI is InChI=1S/C15H21ClN2O3/c1-4-6-9-17(11(3)5-2)15(19)12-7-8-14(18(20)21)13(16)10-12/h7-8,10-11H,4-6,9H2,1-3H3. The summed E-state index contributed by atoms with van der Waals surface area (Å²) in [7, 11) is 0. The molecule has 0 N–H and O–H groups in total. The molecular weight excluding hydrogens is 292 g/mol. The van der Waals surface area contributed by atoms with Crippen molar-refractivity contribution in [3.05, 3.63) is 38.9 Å². The molecule has 0 aromatic heterocycles. The van der Waals surface area contributed by atoms with E-state index >= 15 is 0 Å². The summed E-state index contributed by atoms with van der Waals surface area (Å²) in [6.07, 6.45) is 2.79. The molecule has 1 amide bonds. The van der Waals surface area contributed by atoms with E-state index in [0.29, 0.717) is 12.1 Å². The summed E-state index contributed by atoms with van der Waals surface area (Å²) < 4.78 is 0. The summed E-state index contributed by atoms with van der Waals surface area (Å²) in [6.45, 7) is 6.78. The predicted molar refractivity (Wildman–Crippen MR) is 83.8 cm³/mol. The van der Waals surface area contributed by atoms with Crippen molar-refractivity contribution < 1.29 is 9.72 Å². The SMILES string of the molecule is CCCCN(C(=O)c1ccc([N+](=O)[O-])c(Cl)c1)C(C)CC. The van der Waals surface area contributed by atoms with E-state index in [1.54, 1.807) is 4.90 Å². The minimum atomic E-state index is -0.555. The lowest BCUT2D eigenvalue weighted by Gasteiger charge is -2.28. The number of benzene rings is 1. The molecule has 0 bridgehead atoms. The van der Waals surface area contributed by atoms with Gasteiger partial charge in [-0.1, -0.05) is 31.9 Å². The number of rotatable bonds is 7. The fourth-order valence-corrected chi connectivity index (χ4v) is 2.27. The number of nitrogens with zero attached hydrogens (tertiary/aromatic N) is 2. The van der Waals surface area contributed by atoms with Crippen molar-refractivity contribution in [2.24, 2.45) is 0 Å². The van der Waals surface area contributed by atoms with Crippen LogP contribution in [0.5, 0.6) is 0 Å². The van der Waals surface area contributed by atoms with Gasteiger partial charge in [-0.3, -0.25) is 14.9 Å². The van der Waals surface area contributed by atoms with Crippen LogP contribution in [0.3, 0.4) is 0 Å². The normalized spacial score (nSPS) is 12.0. The monoisotopic (exact) mass is 312 g/mol. The third-order valence-electron chi connectivity index (χ3n) is 3.53. The number of nitro benzene ring substituents is 1. The Balaban J connectivity index is 3.03. The van der Waals surface area contributed by atoms with Crippen LogP contribution in [-0.4, -0.2) is 28.3 Å². The van der Waals surface area contributed by atoms with Crippen LogP contribution < -0.4 is 0 Å². The van der Waals surface area contributed by atoms with E-state index in [2.05, 4.69) is 6.92 Å². The van der Waals surface area contributed by atoms with Crippen molar-refractivity contribution in [3.63, 3.8) is 0 Å². The second-order valence-corrected chi connectivity index (χ2v) is 5.44. The first-order valence-electron chi connectivity index (χ1n) is 7.17. The van der Waals surface area contributed by atoms with Gasteiger partial charge in [0, 0.05) is 24.2 Å². The first-order valence-corrected chi connectivity index (χ1v) is 7.55. The Morgan fingerprint density at radius 3 is 2.57 bits per heavy atom. The third kappa shape index (κ3) is 4.43. The molecule has 1 unspecified atom stereocenters. The summed E-state index contributed by atoms with van der Waals surface area (Å²) >= 11 is 5.88. The van der Waals surface area contributed by atoms with Crippen LogP contribution in [0.4, 0.5) is 5.69 Å². The van der Waals surface area contributed by atoms with Gasteiger partial charge in [0.05, 0.1) is 4.92 Å². The Kier molecular flexibility index (Phi) is 6.62. The van der Waals surface area contributed by atoms with Gasteiger partial charge in [-0.05, 0) is 31.9 Å². The van der Waals surface area contributed by atoms with E-state index in [-0.39, 0.29) is 22.7 Å². The minimum absolute atomic E-state index is 0.00885. The summed E-state index contributed by atoms with van der Waals surface area (Å²) in [5.41, 5.74) is 0.207. The van der Waals surface area contributed by atoms with Crippen LogP contribution in [0, 0.1) is 10.1 Å². The summed E-state index contributed by atoms with van der Waals surface area (Å²) in [5.74, 6) is -0.130. The van der Waals surface area contributed by atoms with Crippen molar-refractivity contribution in [2.75, 3.05) is 6.54 Å². The summed E-state index contributed by atoms with van der Waals surface area (Å²) in [6, 6.07) is 4.25. The lowest BCUT2D eigenvalue weighted by molar-refractivity contribution is -0.384. The number of carbonyl (C=O) groups is 1. The second-order valence-electron chi connectivity index (χ2n) is 5.03. The van der Waals surface area contributed by atoms with E-state index < -0.39 is 4.92 Å². The number of amides is 1. The number of nitro groups is 1. The van der Waals surface area contributed by atoms with Gasteiger partial charge in [-0.25, -0.2) is 0 Å². The van der Waals surface area contributed by atoms with Crippen LogP contribution in [0.15, 0.2) is 18.2 Å². The molecule has 1 atom stereocenters. The molecule has 0 spiro atoms. The zero-order valence-corrected chi connectivity index (χ0v) is 13.4. The fourth-order valence-electron chi connectivity index (χ4n) is 2.02. The number of unbranched alkanes of at least 4 members (excludes halogenated alkanes) is 1. The highest BCUT2D eigenvalue weighted by molar-refractivity contribution is 6.33. The molecule has 116 valence electrons. The Hall–Kier alpha value is -1.62. The zero-order valence-electron chi connectivity index (χ0n) is 12.6. The van der Waals surface area contributed by atoms with Crippen LogP contribution in [0.25, 0.3) is 0 Å². The van der Waals surface area contributed by atoms with Gasteiger partial charge in [0.1, 0.15) is 5.02 Å². The molecular formula is C15H21ClN2O3. The molecule has 21 heavy (non-hydrogen) atoms. The molecule has 0 fully saturated rings. The Labute approximate surface area is 130 Å². The van der Waals surface area contributed by atoms with E-state index in [4.69, 9.17) is 11.6 Å². The third-order valence-corrected chi connectivity index (χ3v) is 3.83. The molecule has 0 radical (unpaired) electrons. The molecule has 0 aliphatic carbocycles. The average Bonchev–Trinajstić information content (AvgIpc) is 2.46. The molecule has 0 saturated carbocycles. The Bertz CT molecular complexity index is 520. The highest BCUT2D eigenvalue weighted by Gasteiger charge is 2.22. The second kappa shape index (κ2) is 7.98. The maximum Gasteiger partial charge on any atom is 0.287 e. The van der Waals surface area contributed by atoms with E-state index in [1.165, 1.54) is 18.2 Å². The lowest BCUT2D eigenvalue weighted by atomic mass is 10.1. The topological polar surface area (TPSA) is 63.5 Å². The maximum absolute atomic E-state index is 12.6. The largest absolute Gasteiger partial charge is 0.336 e. The molecule has 5 nitrogen and oxygen atoms in total. The number of halogens is 1. The summed E-state index contributed by atoms with van der Waals surface area (Å²) in [4.78, 5) is 24.6. The average molecular weight is 313 g/mol. The van der Waals surface area contributed by atoms with Gasteiger partial charge in [-0.15, -0.1) is 0 Å². The molecule has 1 rings (SSSR count). The fraction of sp³-hybridized carbons (Fsp3) is 0.533. The highest BCUT2D eigenvalue weighted by Crippen LogP contribution is 2.26. The smallest absolute Gasteiger partial charge is 0.287 e. The Morgan fingerprint density at radius 1 is 1.43 bits per heavy atom. The van der Waals surface area contributed by atoms with E-state index in [1.807, 2.05) is 13.8 Å². The van der Waals surface area contributed by atoms with Gasteiger partial charge in [-0.2, -0.15) is 0 Å². The number of hydrogen-bond acceptors (Lipinski definition) is 3. The number of carbonyl (C=O) groups excluding carboxylic acids is 1. The van der Waals surface area contributed by atoms with E-state index in [9.17, 15) is 14.9 Å². The molecule has 1 aromatic carbocycles. The van der Waals surface area contributed by atoms with Gasteiger partial charge >= 0.3 is 0 Å². The van der Waals surface area contributed by atoms with Gasteiger partial charge in [0.25, 0.3) is 11.6 Å². The molecule has 1 aromatic rings. The van der Waals surface area contributed by atoms with Gasteiger partial charge in [0.15, 0.2) is 0 Å². The van der Waals surface area contributed by atoms with E-state index in [0.717, 1.165) is 19.3 Å². The van der Waals surface area contributed by atoms with Crippen LogP contribution >= 0.6 is 11.6 Å². The van der Waals surface area contributed by atoms with Crippen molar-refractivity contribution >= 4 is 23.2 Å². The molecule has 6 heteroatoms. The highest BCUT2D eigenvalue weighted by atomic mass is 35.5. The van der Waals surface area contributed by atoms with Crippen molar-refractivity contribution in [2.45, 2.75) is 46.1 Å². The minimum Gasteiger partial charge on any atom is -0.336 e. The van der Waals surface area contributed by atoms with Crippen LogP contribution in [0.1, 0.15) is 50.4 Å². The van der Waals surface area contributed by atoms with Crippen molar-refractivity contribution in [3.8, 4) is 0 Å². The molecule has 0 aliphatic rings. The zero-order chi connectivity index (χ0) is 16.0. The van der Waals surface area contributed by atoms with Crippen molar-refractivity contribution in [1.29, 1.82) is 0 Å². The lowest BCUT2D eigenvalue weighted by Crippen LogP contribution is -2.39.